The third kappa shape index (κ3) is 3.20. The SMILES string of the molecule is C[C@@H]1N=C(c2ncccc2F)c2c(ccc(Cl)c2Cl)-n2nc(C(=O)N3CC(O)C3)nc21. The van der Waals surface area contributed by atoms with Crippen molar-refractivity contribution in [3.63, 3.8) is 0 Å². The van der Waals surface area contributed by atoms with Crippen molar-refractivity contribution in [2.24, 2.45) is 4.99 Å². The Labute approximate surface area is 186 Å². The van der Waals surface area contributed by atoms with Crippen molar-refractivity contribution in [2.45, 2.75) is 19.1 Å². The first-order chi connectivity index (χ1) is 14.8. The number of halogens is 3. The summed E-state index contributed by atoms with van der Waals surface area (Å²) in [4.78, 5) is 27.3. The number of benzene rings is 1. The highest BCUT2D eigenvalue weighted by atomic mass is 35.5. The van der Waals surface area contributed by atoms with Crippen LogP contribution < -0.4 is 0 Å². The lowest BCUT2D eigenvalue weighted by atomic mass is 10.0. The quantitative estimate of drug-likeness (QED) is 0.633. The van der Waals surface area contributed by atoms with Gasteiger partial charge in [0.2, 0.25) is 5.82 Å². The molecule has 5 rings (SSSR count). The van der Waals surface area contributed by atoms with Crippen LogP contribution in [0.4, 0.5) is 4.39 Å². The number of carbonyl (C=O) groups is 1. The van der Waals surface area contributed by atoms with Crippen molar-refractivity contribution in [1.82, 2.24) is 24.6 Å². The van der Waals surface area contributed by atoms with Gasteiger partial charge in [0.25, 0.3) is 5.91 Å². The Morgan fingerprint density at radius 2 is 2.03 bits per heavy atom. The molecule has 2 aromatic heterocycles. The molecule has 1 fully saturated rings. The second kappa shape index (κ2) is 7.37. The number of hydrogen-bond donors (Lipinski definition) is 1. The third-order valence-corrected chi connectivity index (χ3v) is 5.99. The lowest BCUT2D eigenvalue weighted by molar-refractivity contribution is 0.00508. The monoisotopic (exact) mass is 460 g/mol. The van der Waals surface area contributed by atoms with Crippen LogP contribution in [-0.2, 0) is 0 Å². The fraction of sp³-hybridized carbons (Fsp3) is 0.250. The van der Waals surface area contributed by atoms with E-state index in [2.05, 4.69) is 20.1 Å². The summed E-state index contributed by atoms with van der Waals surface area (Å²) in [6, 6.07) is 5.43. The predicted molar refractivity (Wildman–Crippen MR) is 112 cm³/mol. The van der Waals surface area contributed by atoms with E-state index in [1.165, 1.54) is 27.9 Å². The standard InChI is InChI=1S/C20H15Cl2FN6O2/c1-9-19-26-18(20(31)28-7-10(30)8-28)27-29(19)13-5-4-11(21)15(22)14(13)17(25-9)16-12(23)3-2-6-24-16/h2-6,9-10,30H,7-8H2,1H3/t9-/m0/s1. The number of aromatic nitrogens is 4. The largest absolute Gasteiger partial charge is 0.389 e. The summed E-state index contributed by atoms with van der Waals surface area (Å²) in [5.74, 6) is -0.585. The fourth-order valence-corrected chi connectivity index (χ4v) is 4.03. The maximum atomic E-state index is 14.6. The minimum absolute atomic E-state index is 0.0200. The molecule has 2 aliphatic rings. The molecule has 1 N–H and O–H groups in total. The summed E-state index contributed by atoms with van der Waals surface area (Å²) >= 11 is 12.8. The number of aliphatic imine (C=N–C) groups is 1. The molecule has 0 unspecified atom stereocenters. The van der Waals surface area contributed by atoms with E-state index in [0.29, 0.717) is 17.1 Å². The topological polar surface area (TPSA) is 96.5 Å². The Morgan fingerprint density at radius 3 is 2.74 bits per heavy atom. The van der Waals surface area contributed by atoms with Gasteiger partial charge in [-0.2, -0.15) is 0 Å². The Hall–Kier alpha value is -2.88. The van der Waals surface area contributed by atoms with Crippen LogP contribution in [0.15, 0.2) is 35.5 Å². The third-order valence-electron chi connectivity index (χ3n) is 5.19. The maximum absolute atomic E-state index is 14.6. The molecule has 0 saturated carbocycles. The molecule has 0 aliphatic carbocycles. The van der Waals surface area contributed by atoms with E-state index in [1.807, 2.05) is 0 Å². The van der Waals surface area contributed by atoms with E-state index >= 15 is 0 Å². The molecule has 31 heavy (non-hydrogen) atoms. The molecule has 1 amide bonds. The molecule has 2 aliphatic heterocycles. The highest BCUT2D eigenvalue weighted by Crippen LogP contribution is 2.37. The number of hydrogen-bond acceptors (Lipinski definition) is 6. The Balaban J connectivity index is 1.71. The van der Waals surface area contributed by atoms with Crippen LogP contribution in [0.5, 0.6) is 0 Å². The average Bonchev–Trinajstić information content (AvgIpc) is 3.13. The number of carbonyl (C=O) groups excluding carboxylic acids is 1. The van der Waals surface area contributed by atoms with Gasteiger partial charge >= 0.3 is 0 Å². The smallest absolute Gasteiger partial charge is 0.293 e. The molecule has 3 aromatic rings. The van der Waals surface area contributed by atoms with Crippen LogP contribution in [0.1, 0.15) is 40.7 Å². The number of nitrogens with zero attached hydrogens (tertiary/aromatic N) is 6. The first-order valence-corrected chi connectivity index (χ1v) is 10.2. The van der Waals surface area contributed by atoms with Crippen molar-refractivity contribution in [3.05, 3.63) is 69.2 Å². The number of aliphatic hydroxyl groups is 1. The van der Waals surface area contributed by atoms with E-state index in [0.717, 1.165) is 0 Å². The van der Waals surface area contributed by atoms with Crippen LogP contribution in [0.25, 0.3) is 5.69 Å². The predicted octanol–water partition coefficient (Wildman–Crippen LogP) is 2.84. The number of pyridine rings is 1. The fourth-order valence-electron chi connectivity index (χ4n) is 3.62. The number of aliphatic hydroxyl groups excluding tert-OH is 1. The number of likely N-dealkylation sites (tertiary alicyclic amines) is 1. The van der Waals surface area contributed by atoms with Gasteiger partial charge in [-0.15, -0.1) is 5.10 Å². The maximum Gasteiger partial charge on any atom is 0.293 e. The Kier molecular flexibility index (Phi) is 4.76. The summed E-state index contributed by atoms with van der Waals surface area (Å²) in [7, 11) is 0. The first kappa shape index (κ1) is 20.0. The number of rotatable bonds is 2. The molecule has 0 radical (unpaired) electrons. The van der Waals surface area contributed by atoms with Crippen molar-refractivity contribution in [1.29, 1.82) is 0 Å². The highest BCUT2D eigenvalue weighted by molar-refractivity contribution is 6.45. The molecule has 0 spiro atoms. The van der Waals surface area contributed by atoms with Gasteiger partial charge in [0.15, 0.2) is 11.6 Å². The number of β-amino-alcohol motifs (C(OH)–C–C–N with tert-alkyl or cyclic N) is 1. The van der Waals surface area contributed by atoms with Crippen molar-refractivity contribution in [3.8, 4) is 5.69 Å². The lowest BCUT2D eigenvalue weighted by Gasteiger charge is -2.34. The van der Waals surface area contributed by atoms with E-state index in [1.54, 1.807) is 19.1 Å². The van der Waals surface area contributed by atoms with Crippen molar-refractivity contribution >= 4 is 34.8 Å². The molecule has 4 heterocycles. The lowest BCUT2D eigenvalue weighted by Crippen LogP contribution is -2.53. The molecular formula is C20H15Cl2FN6O2. The minimum Gasteiger partial charge on any atom is -0.389 e. The summed E-state index contributed by atoms with van der Waals surface area (Å²) in [6.07, 6.45) is 0.925. The number of fused-ring (bicyclic) bond motifs is 3. The highest BCUT2D eigenvalue weighted by Gasteiger charge is 2.35. The van der Waals surface area contributed by atoms with Gasteiger partial charge in [0, 0.05) is 24.8 Å². The van der Waals surface area contributed by atoms with Gasteiger partial charge in [-0.25, -0.2) is 14.1 Å². The second-order valence-corrected chi connectivity index (χ2v) is 8.10. The van der Waals surface area contributed by atoms with Gasteiger partial charge in [0.05, 0.1) is 27.5 Å². The van der Waals surface area contributed by atoms with Gasteiger partial charge in [-0.3, -0.25) is 14.8 Å². The zero-order valence-corrected chi connectivity index (χ0v) is 17.6. The first-order valence-electron chi connectivity index (χ1n) is 9.47. The second-order valence-electron chi connectivity index (χ2n) is 7.31. The van der Waals surface area contributed by atoms with Crippen LogP contribution in [0.2, 0.25) is 10.0 Å². The molecule has 158 valence electrons. The zero-order valence-electron chi connectivity index (χ0n) is 16.1. The molecule has 8 nitrogen and oxygen atoms in total. The molecule has 1 saturated heterocycles. The normalized spacial score (nSPS) is 18.0. The van der Waals surface area contributed by atoms with E-state index in [9.17, 15) is 14.3 Å². The van der Waals surface area contributed by atoms with E-state index in [4.69, 9.17) is 23.2 Å². The average molecular weight is 461 g/mol. The van der Waals surface area contributed by atoms with Gasteiger partial charge in [-0.1, -0.05) is 23.2 Å². The number of amides is 1. The Morgan fingerprint density at radius 1 is 1.26 bits per heavy atom. The summed E-state index contributed by atoms with van der Waals surface area (Å²) in [5.41, 5.74) is 1.05. The molecular weight excluding hydrogens is 446 g/mol. The van der Waals surface area contributed by atoms with E-state index < -0.39 is 18.0 Å². The molecule has 0 bridgehead atoms. The summed E-state index contributed by atoms with van der Waals surface area (Å²) in [6.45, 7) is 2.22. The van der Waals surface area contributed by atoms with Crippen LogP contribution in [-0.4, -0.2) is 60.6 Å². The molecule has 1 atom stereocenters. The van der Waals surface area contributed by atoms with Gasteiger partial charge < -0.3 is 10.0 Å². The van der Waals surface area contributed by atoms with Gasteiger partial charge in [-0.05, 0) is 31.2 Å². The van der Waals surface area contributed by atoms with Crippen molar-refractivity contribution in [2.75, 3.05) is 13.1 Å². The van der Waals surface area contributed by atoms with Crippen molar-refractivity contribution < 1.29 is 14.3 Å². The van der Waals surface area contributed by atoms with Crippen LogP contribution in [0, 0.1) is 5.82 Å². The van der Waals surface area contributed by atoms with Crippen LogP contribution >= 0.6 is 23.2 Å². The van der Waals surface area contributed by atoms with E-state index in [-0.39, 0.29) is 46.3 Å². The van der Waals surface area contributed by atoms with Gasteiger partial charge in [0.1, 0.15) is 11.7 Å². The zero-order chi connectivity index (χ0) is 21.9. The summed E-state index contributed by atoms with van der Waals surface area (Å²) < 4.78 is 16.1. The minimum atomic E-state index is -0.588. The molecule has 11 heteroatoms. The summed E-state index contributed by atoms with van der Waals surface area (Å²) in [5, 5.41) is 14.3. The molecule has 1 aromatic carbocycles. The van der Waals surface area contributed by atoms with Crippen LogP contribution in [0.3, 0.4) is 0 Å². The Bertz CT molecular complexity index is 1250.